The topological polar surface area (TPSA) is 63.9 Å². The highest BCUT2D eigenvalue weighted by atomic mass is 127. The molecule has 0 spiro atoms. The number of ether oxygens (including phenoxy) is 2. The summed E-state index contributed by atoms with van der Waals surface area (Å²) >= 11 is 0. The van der Waals surface area contributed by atoms with Gasteiger partial charge in [-0.25, -0.2) is 4.99 Å². The summed E-state index contributed by atoms with van der Waals surface area (Å²) in [5, 5.41) is 7.59. The minimum atomic E-state index is 0. The van der Waals surface area contributed by atoms with E-state index in [1.807, 2.05) is 17.8 Å². The van der Waals surface area contributed by atoms with E-state index in [9.17, 15) is 0 Å². The molecule has 1 aromatic heterocycles. The van der Waals surface area contributed by atoms with Gasteiger partial charge in [-0.1, -0.05) is 0 Å². The van der Waals surface area contributed by atoms with Crippen molar-refractivity contribution in [3.05, 3.63) is 18.0 Å². The van der Waals surface area contributed by atoms with E-state index in [0.717, 1.165) is 57.3 Å². The van der Waals surface area contributed by atoms with Gasteiger partial charge in [0.2, 0.25) is 0 Å². The molecule has 0 bridgehead atoms. The summed E-state index contributed by atoms with van der Waals surface area (Å²) < 4.78 is 13.6. The van der Waals surface area contributed by atoms with E-state index < -0.39 is 0 Å². The standard InChI is InChI=1S/C16H27N5O2.HI/c1-3-17-16(18-11-13-6-7-19-20(13)2)21-8-10-23-15(12-21)14-5-4-9-22-14;/h6-7,14-15H,3-5,8-12H2,1-2H3,(H,17,18);1H. The maximum atomic E-state index is 5.93. The van der Waals surface area contributed by atoms with Crippen LogP contribution < -0.4 is 5.32 Å². The number of aromatic nitrogens is 2. The molecular formula is C16H28IN5O2. The van der Waals surface area contributed by atoms with Crippen molar-refractivity contribution in [3.63, 3.8) is 0 Å². The number of morpholine rings is 1. The quantitative estimate of drug-likeness (QED) is 0.428. The average Bonchev–Trinajstić information content (AvgIpc) is 3.23. The second kappa shape index (κ2) is 9.57. The highest BCUT2D eigenvalue weighted by molar-refractivity contribution is 14.0. The Balaban J connectivity index is 0.00000208. The number of nitrogens with zero attached hydrogens (tertiary/aromatic N) is 4. The fraction of sp³-hybridized carbons (Fsp3) is 0.750. The third kappa shape index (κ3) is 4.82. The van der Waals surface area contributed by atoms with Crippen molar-refractivity contribution in [2.24, 2.45) is 12.0 Å². The van der Waals surface area contributed by atoms with Crippen molar-refractivity contribution >= 4 is 29.9 Å². The van der Waals surface area contributed by atoms with E-state index in [1.165, 1.54) is 0 Å². The largest absolute Gasteiger partial charge is 0.375 e. The van der Waals surface area contributed by atoms with Crippen LogP contribution in [0.4, 0.5) is 0 Å². The van der Waals surface area contributed by atoms with Crippen molar-refractivity contribution in [2.45, 2.75) is 38.5 Å². The highest BCUT2D eigenvalue weighted by Gasteiger charge is 2.32. The molecule has 2 aliphatic heterocycles. The Kier molecular flexibility index (Phi) is 7.76. The SMILES string of the molecule is CCNC(=NCc1ccnn1C)N1CCOC(C2CCCO2)C1.I. The Morgan fingerprint density at radius 2 is 2.21 bits per heavy atom. The zero-order valence-corrected chi connectivity index (χ0v) is 16.8. The molecule has 0 aromatic carbocycles. The monoisotopic (exact) mass is 449 g/mol. The van der Waals surface area contributed by atoms with Crippen LogP contribution in [-0.2, 0) is 23.1 Å². The van der Waals surface area contributed by atoms with Crippen LogP contribution in [0.25, 0.3) is 0 Å². The summed E-state index contributed by atoms with van der Waals surface area (Å²) in [5.74, 6) is 0.944. The lowest BCUT2D eigenvalue weighted by Gasteiger charge is -2.37. The molecule has 2 unspecified atom stereocenters. The Morgan fingerprint density at radius 3 is 2.88 bits per heavy atom. The third-order valence-corrected chi connectivity index (χ3v) is 4.42. The maximum absolute atomic E-state index is 5.93. The maximum Gasteiger partial charge on any atom is 0.194 e. The fourth-order valence-corrected chi connectivity index (χ4v) is 3.13. The van der Waals surface area contributed by atoms with E-state index in [2.05, 4.69) is 22.2 Å². The Hall–Kier alpha value is -0.870. The van der Waals surface area contributed by atoms with Gasteiger partial charge in [0.25, 0.3) is 0 Å². The van der Waals surface area contributed by atoms with Crippen LogP contribution >= 0.6 is 24.0 Å². The van der Waals surface area contributed by atoms with E-state index in [-0.39, 0.29) is 36.2 Å². The van der Waals surface area contributed by atoms with E-state index in [1.54, 1.807) is 6.20 Å². The first-order chi connectivity index (χ1) is 11.3. The molecule has 136 valence electrons. The third-order valence-electron chi connectivity index (χ3n) is 4.42. The van der Waals surface area contributed by atoms with E-state index in [0.29, 0.717) is 6.54 Å². The Bertz CT molecular complexity index is 530. The van der Waals surface area contributed by atoms with Gasteiger partial charge in [-0.05, 0) is 25.8 Å². The van der Waals surface area contributed by atoms with Gasteiger partial charge in [0.15, 0.2) is 5.96 Å². The van der Waals surface area contributed by atoms with Gasteiger partial charge in [0.05, 0.1) is 24.9 Å². The predicted octanol–water partition coefficient (Wildman–Crippen LogP) is 1.38. The first kappa shape index (κ1) is 19.5. The summed E-state index contributed by atoms with van der Waals surface area (Å²) in [7, 11) is 1.94. The molecule has 24 heavy (non-hydrogen) atoms. The summed E-state index contributed by atoms with van der Waals surface area (Å²) in [6.07, 6.45) is 4.42. The zero-order chi connectivity index (χ0) is 16.1. The van der Waals surface area contributed by atoms with Crippen molar-refractivity contribution in [1.82, 2.24) is 20.0 Å². The molecule has 1 aromatic rings. The van der Waals surface area contributed by atoms with Crippen LogP contribution in [0.5, 0.6) is 0 Å². The lowest BCUT2D eigenvalue weighted by molar-refractivity contribution is -0.0817. The number of halogens is 1. The fourth-order valence-electron chi connectivity index (χ4n) is 3.13. The molecule has 2 saturated heterocycles. The van der Waals surface area contributed by atoms with Gasteiger partial charge >= 0.3 is 0 Å². The van der Waals surface area contributed by atoms with Gasteiger partial charge < -0.3 is 19.7 Å². The van der Waals surface area contributed by atoms with Gasteiger partial charge in [0.1, 0.15) is 6.10 Å². The van der Waals surface area contributed by atoms with Gasteiger partial charge in [0, 0.05) is 39.5 Å². The van der Waals surface area contributed by atoms with Crippen LogP contribution in [0.1, 0.15) is 25.5 Å². The van der Waals surface area contributed by atoms with E-state index in [4.69, 9.17) is 14.5 Å². The van der Waals surface area contributed by atoms with Gasteiger partial charge in [-0.15, -0.1) is 24.0 Å². The number of hydrogen-bond acceptors (Lipinski definition) is 4. The predicted molar refractivity (Wildman–Crippen MR) is 104 cm³/mol. The van der Waals surface area contributed by atoms with E-state index >= 15 is 0 Å². The van der Waals surface area contributed by atoms with Gasteiger partial charge in [-0.3, -0.25) is 4.68 Å². The number of rotatable bonds is 4. The molecule has 8 heteroatoms. The number of hydrogen-bond donors (Lipinski definition) is 1. The Labute approximate surface area is 160 Å². The minimum absolute atomic E-state index is 0. The molecule has 0 amide bonds. The second-order valence-electron chi connectivity index (χ2n) is 6.02. The summed E-state index contributed by atoms with van der Waals surface area (Å²) in [6.45, 7) is 6.85. The highest BCUT2D eigenvalue weighted by Crippen LogP contribution is 2.21. The Morgan fingerprint density at radius 1 is 1.38 bits per heavy atom. The van der Waals surface area contributed by atoms with Crippen molar-refractivity contribution in [2.75, 3.05) is 32.8 Å². The average molecular weight is 449 g/mol. The number of guanidine groups is 1. The molecule has 2 atom stereocenters. The van der Waals surface area contributed by atoms with Crippen molar-refractivity contribution in [3.8, 4) is 0 Å². The molecule has 2 fully saturated rings. The van der Waals surface area contributed by atoms with Crippen LogP contribution in [0.2, 0.25) is 0 Å². The smallest absolute Gasteiger partial charge is 0.194 e. The number of aliphatic imine (C=N–C) groups is 1. The zero-order valence-electron chi connectivity index (χ0n) is 14.5. The lowest BCUT2D eigenvalue weighted by atomic mass is 10.1. The molecule has 7 nitrogen and oxygen atoms in total. The van der Waals surface area contributed by atoms with Crippen LogP contribution in [-0.4, -0.2) is 65.7 Å². The lowest BCUT2D eigenvalue weighted by Crippen LogP contribution is -2.53. The number of aryl methyl sites for hydroxylation is 1. The summed E-state index contributed by atoms with van der Waals surface area (Å²) in [5.41, 5.74) is 1.10. The first-order valence-corrected chi connectivity index (χ1v) is 8.51. The molecular weight excluding hydrogens is 421 g/mol. The van der Waals surface area contributed by atoms with Crippen molar-refractivity contribution in [1.29, 1.82) is 0 Å². The molecule has 3 rings (SSSR count). The summed E-state index contributed by atoms with van der Waals surface area (Å²) in [6, 6.07) is 2.00. The van der Waals surface area contributed by atoms with Gasteiger partial charge in [-0.2, -0.15) is 5.10 Å². The van der Waals surface area contributed by atoms with Crippen LogP contribution in [0.15, 0.2) is 17.3 Å². The summed E-state index contributed by atoms with van der Waals surface area (Å²) in [4.78, 5) is 7.06. The molecule has 0 aliphatic carbocycles. The normalized spacial score (nSPS) is 24.8. The molecule has 2 aliphatic rings. The van der Waals surface area contributed by atoms with Crippen LogP contribution in [0, 0.1) is 0 Å². The van der Waals surface area contributed by atoms with Crippen molar-refractivity contribution < 1.29 is 9.47 Å². The molecule has 0 radical (unpaired) electrons. The number of nitrogens with one attached hydrogen (secondary N) is 1. The molecule has 3 heterocycles. The molecule has 1 N–H and O–H groups in total. The second-order valence-corrected chi connectivity index (χ2v) is 6.02. The molecule has 0 saturated carbocycles. The van der Waals surface area contributed by atoms with Crippen LogP contribution in [0.3, 0.4) is 0 Å². The first-order valence-electron chi connectivity index (χ1n) is 8.51. The minimum Gasteiger partial charge on any atom is -0.375 e.